The lowest BCUT2D eigenvalue weighted by Gasteiger charge is -2.15. The van der Waals surface area contributed by atoms with Crippen LogP contribution in [0.25, 0.3) is 21.3 Å². The van der Waals surface area contributed by atoms with Crippen molar-refractivity contribution in [2.75, 3.05) is 13.1 Å². The molecule has 3 aromatic rings. The van der Waals surface area contributed by atoms with Crippen molar-refractivity contribution in [1.29, 1.82) is 0 Å². The zero-order valence-corrected chi connectivity index (χ0v) is 15.8. The van der Waals surface area contributed by atoms with Crippen molar-refractivity contribution in [3.05, 3.63) is 51.4 Å². The van der Waals surface area contributed by atoms with Crippen LogP contribution >= 0.6 is 11.3 Å². The number of benzene rings is 1. The quantitative estimate of drug-likeness (QED) is 0.713. The molecule has 0 atom stereocenters. The second kappa shape index (κ2) is 6.68. The highest BCUT2D eigenvalue weighted by Crippen LogP contribution is 2.31. The Balaban J connectivity index is 1.75. The van der Waals surface area contributed by atoms with E-state index in [2.05, 4.69) is 31.0 Å². The van der Waals surface area contributed by atoms with Gasteiger partial charge >= 0.3 is 0 Å². The first-order chi connectivity index (χ1) is 12.5. The number of carbonyl (C=O) groups excluding carboxylic acids is 1. The van der Waals surface area contributed by atoms with E-state index in [0.29, 0.717) is 10.2 Å². The summed E-state index contributed by atoms with van der Waals surface area (Å²) < 4.78 is 1.44. The molecule has 0 N–H and O–H groups in total. The number of fused-ring (bicyclic) bond motifs is 1. The number of aryl methyl sites for hydroxylation is 2. The molecule has 1 aliphatic rings. The van der Waals surface area contributed by atoms with E-state index >= 15 is 0 Å². The van der Waals surface area contributed by atoms with Crippen molar-refractivity contribution in [1.82, 2.24) is 14.5 Å². The molecular weight excluding hydrogens is 346 g/mol. The van der Waals surface area contributed by atoms with Crippen molar-refractivity contribution in [3.8, 4) is 11.1 Å². The van der Waals surface area contributed by atoms with E-state index in [0.717, 1.165) is 37.1 Å². The van der Waals surface area contributed by atoms with Gasteiger partial charge in [-0.3, -0.25) is 14.2 Å². The minimum atomic E-state index is -0.142. The third-order valence-corrected chi connectivity index (χ3v) is 6.03. The average molecular weight is 367 g/mol. The summed E-state index contributed by atoms with van der Waals surface area (Å²) in [6, 6.07) is 6.21. The zero-order valence-electron chi connectivity index (χ0n) is 15.0. The smallest absolute Gasteiger partial charge is 0.263 e. The van der Waals surface area contributed by atoms with Gasteiger partial charge in [-0.25, -0.2) is 4.98 Å². The second-order valence-electron chi connectivity index (χ2n) is 6.89. The molecular formula is C20H21N3O2S. The maximum Gasteiger partial charge on any atom is 0.263 e. The van der Waals surface area contributed by atoms with Gasteiger partial charge in [0.2, 0.25) is 5.91 Å². The van der Waals surface area contributed by atoms with Crippen LogP contribution in [0, 0.1) is 13.8 Å². The van der Waals surface area contributed by atoms with Crippen LogP contribution in [0.1, 0.15) is 24.0 Å². The number of likely N-dealkylation sites (tertiary alicyclic amines) is 1. The Morgan fingerprint density at radius 2 is 1.96 bits per heavy atom. The van der Waals surface area contributed by atoms with Crippen LogP contribution in [0.15, 0.2) is 34.7 Å². The summed E-state index contributed by atoms with van der Waals surface area (Å²) in [5.74, 6) is -0.00582. The van der Waals surface area contributed by atoms with Crippen LogP contribution in [0.5, 0.6) is 0 Å². The fourth-order valence-corrected chi connectivity index (χ4v) is 4.32. The average Bonchev–Trinajstić information content (AvgIpc) is 3.29. The lowest BCUT2D eigenvalue weighted by Crippen LogP contribution is -2.34. The van der Waals surface area contributed by atoms with E-state index in [-0.39, 0.29) is 18.0 Å². The molecule has 1 aliphatic heterocycles. The highest BCUT2D eigenvalue weighted by molar-refractivity contribution is 7.17. The van der Waals surface area contributed by atoms with Crippen molar-refractivity contribution < 1.29 is 4.79 Å². The van der Waals surface area contributed by atoms with E-state index in [1.807, 2.05) is 16.3 Å². The Kier molecular flexibility index (Phi) is 4.36. The summed E-state index contributed by atoms with van der Waals surface area (Å²) in [7, 11) is 0. The van der Waals surface area contributed by atoms with Crippen molar-refractivity contribution in [3.63, 3.8) is 0 Å². The van der Waals surface area contributed by atoms with Crippen LogP contribution in [0.3, 0.4) is 0 Å². The standard InChI is InChI=1S/C20H21N3O2S/c1-13-5-6-15(9-14(13)2)16-11-26-19-18(16)20(25)23(12-21-19)10-17(24)22-7-3-4-8-22/h5-6,9,11-12H,3-4,7-8,10H2,1-2H3. The number of aromatic nitrogens is 2. The Bertz CT molecular complexity index is 1040. The van der Waals surface area contributed by atoms with Gasteiger partial charge in [-0.1, -0.05) is 18.2 Å². The van der Waals surface area contributed by atoms with Crippen molar-refractivity contribution in [2.24, 2.45) is 0 Å². The monoisotopic (exact) mass is 367 g/mol. The molecule has 4 rings (SSSR count). The first-order valence-electron chi connectivity index (χ1n) is 8.86. The number of rotatable bonds is 3. The van der Waals surface area contributed by atoms with Crippen LogP contribution in [-0.2, 0) is 11.3 Å². The highest BCUT2D eigenvalue weighted by Gasteiger charge is 2.20. The summed E-state index contributed by atoms with van der Waals surface area (Å²) in [6.07, 6.45) is 3.58. The SMILES string of the molecule is Cc1ccc(-c2csc3ncn(CC(=O)N4CCCC4)c(=O)c23)cc1C. The van der Waals surface area contributed by atoms with Gasteiger partial charge in [-0.05, 0) is 43.4 Å². The molecule has 5 nitrogen and oxygen atoms in total. The lowest BCUT2D eigenvalue weighted by atomic mass is 10.0. The minimum Gasteiger partial charge on any atom is -0.341 e. The van der Waals surface area contributed by atoms with E-state index in [9.17, 15) is 9.59 Å². The number of carbonyl (C=O) groups is 1. The lowest BCUT2D eigenvalue weighted by molar-refractivity contribution is -0.130. The predicted octanol–water partition coefficient (Wildman–Crippen LogP) is 3.36. The maximum atomic E-state index is 13.0. The Hall–Kier alpha value is -2.47. The van der Waals surface area contributed by atoms with Gasteiger partial charge in [0.05, 0.1) is 11.7 Å². The number of hydrogen-bond acceptors (Lipinski definition) is 4. The molecule has 1 fully saturated rings. The van der Waals surface area contributed by atoms with Crippen LogP contribution in [-0.4, -0.2) is 33.4 Å². The molecule has 2 aromatic heterocycles. The summed E-state index contributed by atoms with van der Waals surface area (Å²) in [5, 5.41) is 2.59. The maximum absolute atomic E-state index is 13.0. The Morgan fingerprint density at radius 1 is 1.19 bits per heavy atom. The molecule has 6 heteroatoms. The van der Waals surface area contributed by atoms with Gasteiger partial charge in [0.25, 0.3) is 5.56 Å². The molecule has 0 radical (unpaired) electrons. The number of thiophene rings is 1. The number of nitrogens with zero attached hydrogens (tertiary/aromatic N) is 3. The molecule has 26 heavy (non-hydrogen) atoms. The van der Waals surface area contributed by atoms with E-state index in [1.54, 1.807) is 0 Å². The molecule has 0 bridgehead atoms. The predicted molar refractivity (Wildman–Crippen MR) is 105 cm³/mol. The fourth-order valence-electron chi connectivity index (χ4n) is 3.41. The highest BCUT2D eigenvalue weighted by atomic mass is 32.1. The Labute approximate surface area is 155 Å². The first-order valence-corrected chi connectivity index (χ1v) is 9.74. The first kappa shape index (κ1) is 17.0. The topological polar surface area (TPSA) is 55.2 Å². The second-order valence-corrected chi connectivity index (χ2v) is 7.75. The van der Waals surface area contributed by atoms with Crippen molar-refractivity contribution >= 4 is 27.5 Å². The van der Waals surface area contributed by atoms with Gasteiger partial charge in [-0.15, -0.1) is 11.3 Å². The molecule has 1 aromatic carbocycles. The minimum absolute atomic E-state index is 0.00582. The molecule has 0 aliphatic carbocycles. The van der Waals surface area contributed by atoms with Gasteiger partial charge in [0, 0.05) is 24.0 Å². The number of amides is 1. The van der Waals surface area contributed by atoms with Gasteiger partial charge in [0.1, 0.15) is 11.4 Å². The van der Waals surface area contributed by atoms with Crippen molar-refractivity contribution in [2.45, 2.75) is 33.2 Å². The van der Waals surface area contributed by atoms with Gasteiger partial charge in [-0.2, -0.15) is 0 Å². The molecule has 0 spiro atoms. The summed E-state index contributed by atoms with van der Waals surface area (Å²) >= 11 is 1.47. The summed E-state index contributed by atoms with van der Waals surface area (Å²) in [4.78, 5) is 32.4. The summed E-state index contributed by atoms with van der Waals surface area (Å²) in [5.41, 5.74) is 4.18. The molecule has 0 saturated carbocycles. The largest absolute Gasteiger partial charge is 0.341 e. The van der Waals surface area contributed by atoms with Crippen LogP contribution in [0.4, 0.5) is 0 Å². The van der Waals surface area contributed by atoms with E-state index in [1.165, 1.54) is 33.4 Å². The third-order valence-electron chi connectivity index (χ3n) is 5.14. The van der Waals surface area contributed by atoms with Gasteiger partial charge in [0.15, 0.2) is 0 Å². The molecule has 1 amide bonds. The molecule has 134 valence electrons. The van der Waals surface area contributed by atoms with E-state index in [4.69, 9.17) is 0 Å². The number of hydrogen-bond donors (Lipinski definition) is 0. The normalized spacial score (nSPS) is 14.3. The van der Waals surface area contributed by atoms with Crippen LogP contribution < -0.4 is 5.56 Å². The Morgan fingerprint density at radius 3 is 2.69 bits per heavy atom. The van der Waals surface area contributed by atoms with Gasteiger partial charge < -0.3 is 4.90 Å². The van der Waals surface area contributed by atoms with Crippen LogP contribution in [0.2, 0.25) is 0 Å². The van der Waals surface area contributed by atoms with E-state index < -0.39 is 0 Å². The third kappa shape index (κ3) is 2.94. The molecule has 1 saturated heterocycles. The zero-order chi connectivity index (χ0) is 18.3. The fraction of sp³-hybridized carbons (Fsp3) is 0.350. The molecule has 0 unspecified atom stereocenters. The summed E-state index contributed by atoms with van der Waals surface area (Å²) in [6.45, 7) is 5.77. The molecule has 3 heterocycles.